The Bertz CT molecular complexity index is 574. The number of halogens is 1. The number of hydrogen-bond acceptors (Lipinski definition) is 4. The molecule has 0 atom stereocenters. The molecule has 1 heterocycles. The van der Waals surface area contributed by atoms with Crippen LogP contribution in [-0.2, 0) is 0 Å². The van der Waals surface area contributed by atoms with Gasteiger partial charge in [-0.25, -0.2) is 4.98 Å². The minimum absolute atomic E-state index is 0.259. The third kappa shape index (κ3) is 2.57. The topological polar surface area (TPSA) is 45.9 Å². The molecule has 1 aromatic carbocycles. The number of hydrogen-bond donors (Lipinski definition) is 0. The van der Waals surface area contributed by atoms with E-state index in [1.165, 1.54) is 11.3 Å². The zero-order valence-corrected chi connectivity index (χ0v) is 10.7. The van der Waals surface area contributed by atoms with E-state index in [0.717, 1.165) is 16.3 Å². The largest absolute Gasteiger partial charge is 0.494 e. The highest BCUT2D eigenvalue weighted by Crippen LogP contribution is 2.31. The summed E-state index contributed by atoms with van der Waals surface area (Å²) >= 11 is 7.12. The molecule has 0 aliphatic carbocycles. The van der Waals surface area contributed by atoms with Crippen molar-refractivity contribution >= 4 is 22.9 Å². The van der Waals surface area contributed by atoms with Crippen LogP contribution in [-0.4, -0.2) is 11.6 Å². The van der Waals surface area contributed by atoms with E-state index in [0.29, 0.717) is 11.5 Å². The van der Waals surface area contributed by atoms with Crippen LogP contribution in [0.3, 0.4) is 0 Å². The Balaban J connectivity index is 2.39. The summed E-state index contributed by atoms with van der Waals surface area (Å²) in [5.41, 5.74) is 0.907. The Morgan fingerprint density at radius 1 is 1.53 bits per heavy atom. The van der Waals surface area contributed by atoms with E-state index < -0.39 is 0 Å². The molecular weight excluding hydrogens is 256 g/mol. The van der Waals surface area contributed by atoms with Crippen LogP contribution in [0, 0.1) is 11.3 Å². The van der Waals surface area contributed by atoms with Crippen molar-refractivity contribution in [3.63, 3.8) is 0 Å². The smallest absolute Gasteiger partial charge is 0.158 e. The van der Waals surface area contributed by atoms with E-state index in [9.17, 15) is 0 Å². The number of benzene rings is 1. The van der Waals surface area contributed by atoms with Crippen molar-refractivity contribution in [1.29, 1.82) is 5.26 Å². The van der Waals surface area contributed by atoms with Crippen LogP contribution in [0.5, 0.6) is 5.75 Å². The van der Waals surface area contributed by atoms with Gasteiger partial charge in [-0.1, -0.05) is 23.7 Å². The van der Waals surface area contributed by atoms with Gasteiger partial charge in [-0.3, -0.25) is 0 Å². The van der Waals surface area contributed by atoms with Gasteiger partial charge in [0, 0.05) is 5.56 Å². The van der Waals surface area contributed by atoms with Crippen LogP contribution in [0.2, 0.25) is 5.15 Å². The summed E-state index contributed by atoms with van der Waals surface area (Å²) in [6.07, 6.45) is 0. The summed E-state index contributed by atoms with van der Waals surface area (Å²) < 4.78 is 5.41. The van der Waals surface area contributed by atoms with Gasteiger partial charge in [0.25, 0.3) is 0 Å². The molecule has 0 saturated carbocycles. The van der Waals surface area contributed by atoms with Crippen LogP contribution in [0.4, 0.5) is 0 Å². The molecule has 0 fully saturated rings. The van der Waals surface area contributed by atoms with Crippen molar-refractivity contribution < 1.29 is 4.74 Å². The maximum Gasteiger partial charge on any atom is 0.158 e. The highest BCUT2D eigenvalue weighted by atomic mass is 35.5. The first-order chi connectivity index (χ1) is 8.24. The molecule has 5 heteroatoms. The SMILES string of the molecule is CCOc1cccc(-c2nc(Cl)c(C#N)s2)c1. The molecule has 0 amide bonds. The minimum Gasteiger partial charge on any atom is -0.494 e. The molecule has 86 valence electrons. The van der Waals surface area contributed by atoms with E-state index in [1.54, 1.807) is 0 Å². The summed E-state index contributed by atoms with van der Waals surface area (Å²) in [7, 11) is 0. The number of thiazole rings is 1. The fraction of sp³-hybridized carbons (Fsp3) is 0.167. The van der Waals surface area contributed by atoms with Crippen LogP contribution in [0.15, 0.2) is 24.3 Å². The van der Waals surface area contributed by atoms with Gasteiger partial charge in [-0.15, -0.1) is 11.3 Å². The van der Waals surface area contributed by atoms with Gasteiger partial charge in [0.05, 0.1) is 6.61 Å². The Labute approximate surface area is 108 Å². The first-order valence-corrected chi connectivity index (χ1v) is 6.23. The summed E-state index contributed by atoms with van der Waals surface area (Å²) in [4.78, 5) is 4.59. The summed E-state index contributed by atoms with van der Waals surface area (Å²) in [6, 6.07) is 9.60. The lowest BCUT2D eigenvalue weighted by molar-refractivity contribution is 0.340. The van der Waals surface area contributed by atoms with Crippen molar-refractivity contribution in [2.45, 2.75) is 6.92 Å². The molecular formula is C12H9ClN2OS. The van der Waals surface area contributed by atoms with Crippen LogP contribution in [0.1, 0.15) is 11.8 Å². The number of rotatable bonds is 3. The Kier molecular flexibility index (Phi) is 3.62. The van der Waals surface area contributed by atoms with E-state index >= 15 is 0 Å². The molecule has 3 nitrogen and oxygen atoms in total. The maximum absolute atomic E-state index is 8.83. The highest BCUT2D eigenvalue weighted by molar-refractivity contribution is 7.16. The molecule has 0 N–H and O–H groups in total. The third-order valence-corrected chi connectivity index (χ3v) is 3.47. The number of aromatic nitrogens is 1. The van der Waals surface area contributed by atoms with Gasteiger partial charge in [0.2, 0.25) is 0 Å². The lowest BCUT2D eigenvalue weighted by atomic mass is 10.2. The molecule has 0 radical (unpaired) electrons. The molecule has 0 saturated heterocycles. The third-order valence-electron chi connectivity index (χ3n) is 2.08. The van der Waals surface area contributed by atoms with Crippen molar-refractivity contribution in [3.05, 3.63) is 34.3 Å². The van der Waals surface area contributed by atoms with Gasteiger partial charge in [0.1, 0.15) is 21.7 Å². The predicted molar refractivity (Wildman–Crippen MR) is 68.4 cm³/mol. The van der Waals surface area contributed by atoms with Crippen LogP contribution >= 0.6 is 22.9 Å². The quantitative estimate of drug-likeness (QED) is 0.848. The van der Waals surface area contributed by atoms with Gasteiger partial charge in [-0.2, -0.15) is 5.26 Å². The summed E-state index contributed by atoms with van der Waals surface area (Å²) in [5.74, 6) is 0.787. The second-order valence-electron chi connectivity index (χ2n) is 3.21. The predicted octanol–water partition coefficient (Wildman–Crippen LogP) is 3.73. The van der Waals surface area contributed by atoms with Gasteiger partial charge in [-0.05, 0) is 19.1 Å². The van der Waals surface area contributed by atoms with Gasteiger partial charge < -0.3 is 4.74 Å². The van der Waals surface area contributed by atoms with E-state index in [4.69, 9.17) is 21.6 Å². The van der Waals surface area contributed by atoms with Crippen molar-refractivity contribution in [2.75, 3.05) is 6.61 Å². The molecule has 0 unspecified atom stereocenters. The van der Waals surface area contributed by atoms with Crippen LogP contribution in [0.25, 0.3) is 10.6 Å². The van der Waals surface area contributed by atoms with Crippen LogP contribution < -0.4 is 4.74 Å². The molecule has 0 aliphatic rings. The van der Waals surface area contributed by atoms with E-state index in [2.05, 4.69) is 4.98 Å². The van der Waals surface area contributed by atoms with Crippen molar-refractivity contribution in [1.82, 2.24) is 4.98 Å². The fourth-order valence-electron chi connectivity index (χ4n) is 1.38. The standard InChI is InChI=1S/C12H9ClN2OS/c1-2-16-9-5-3-4-8(6-9)12-15-11(13)10(7-14)17-12/h3-6H,2H2,1H3. The van der Waals surface area contributed by atoms with E-state index in [-0.39, 0.29) is 5.15 Å². The molecule has 2 rings (SSSR count). The molecule has 0 spiro atoms. The lowest BCUT2D eigenvalue weighted by Gasteiger charge is -2.03. The monoisotopic (exact) mass is 264 g/mol. The molecule has 1 aromatic heterocycles. The first-order valence-electron chi connectivity index (χ1n) is 5.04. The Hall–Kier alpha value is -1.57. The zero-order chi connectivity index (χ0) is 12.3. The van der Waals surface area contributed by atoms with Crippen molar-refractivity contribution in [3.8, 4) is 22.4 Å². The van der Waals surface area contributed by atoms with Gasteiger partial charge in [0.15, 0.2) is 5.15 Å². The fourth-order valence-corrected chi connectivity index (χ4v) is 2.42. The summed E-state index contributed by atoms with van der Waals surface area (Å²) in [5, 5.41) is 9.82. The first kappa shape index (κ1) is 11.9. The highest BCUT2D eigenvalue weighted by Gasteiger charge is 2.10. The normalized spacial score (nSPS) is 9.94. The number of nitrogens with zero attached hydrogens (tertiary/aromatic N) is 2. The lowest BCUT2D eigenvalue weighted by Crippen LogP contribution is -1.90. The molecule has 0 aliphatic heterocycles. The molecule has 2 aromatic rings. The number of nitriles is 1. The zero-order valence-electron chi connectivity index (χ0n) is 9.11. The number of ether oxygens (including phenoxy) is 1. The van der Waals surface area contributed by atoms with Crippen molar-refractivity contribution in [2.24, 2.45) is 0 Å². The van der Waals surface area contributed by atoms with E-state index in [1.807, 2.05) is 37.3 Å². The summed E-state index contributed by atoms with van der Waals surface area (Å²) in [6.45, 7) is 2.55. The molecule has 0 bridgehead atoms. The Morgan fingerprint density at radius 2 is 2.35 bits per heavy atom. The maximum atomic E-state index is 8.83. The minimum atomic E-state index is 0.259. The van der Waals surface area contributed by atoms with Gasteiger partial charge >= 0.3 is 0 Å². The second kappa shape index (κ2) is 5.17. The average Bonchev–Trinajstić information content (AvgIpc) is 2.71. The molecule has 17 heavy (non-hydrogen) atoms. The second-order valence-corrected chi connectivity index (χ2v) is 4.57. The average molecular weight is 265 g/mol. The Morgan fingerprint density at radius 3 is 3.00 bits per heavy atom.